The molecule has 0 saturated heterocycles. The average Bonchev–Trinajstić information content (AvgIpc) is 2.97. The molecule has 8 nitrogen and oxygen atoms in total. The highest BCUT2D eigenvalue weighted by molar-refractivity contribution is 5.99. The van der Waals surface area contributed by atoms with Gasteiger partial charge in [-0.05, 0) is 57.4 Å². The lowest BCUT2D eigenvalue weighted by Crippen LogP contribution is -2.53. The van der Waals surface area contributed by atoms with Gasteiger partial charge in [-0.1, -0.05) is 99.3 Å². The Morgan fingerprint density at radius 3 is 2.16 bits per heavy atom. The lowest BCUT2D eigenvalue weighted by molar-refractivity contribution is -0.141. The zero-order valence-electron chi connectivity index (χ0n) is 26.6. The third-order valence-corrected chi connectivity index (χ3v) is 7.25. The van der Waals surface area contributed by atoms with E-state index in [1.54, 1.807) is 45.0 Å². The first-order valence-corrected chi connectivity index (χ1v) is 15.5. The van der Waals surface area contributed by atoms with Gasteiger partial charge in [0, 0.05) is 24.2 Å². The topological polar surface area (TPSA) is 108 Å². The Labute approximate surface area is 261 Å². The number of benzene rings is 3. The predicted octanol–water partition coefficient (Wildman–Crippen LogP) is 7.32. The van der Waals surface area contributed by atoms with E-state index in [1.807, 2.05) is 55.5 Å². The number of phenolic OH excluding ortho intramolecular Hbond substituents is 1. The number of nitrogens with one attached hydrogen (secondary N) is 2. The summed E-state index contributed by atoms with van der Waals surface area (Å²) in [7, 11) is 0. The van der Waals surface area contributed by atoms with Crippen molar-refractivity contribution in [3.63, 3.8) is 0 Å². The fourth-order valence-corrected chi connectivity index (χ4v) is 5.04. The zero-order valence-corrected chi connectivity index (χ0v) is 26.6. The molecule has 2 atom stereocenters. The number of amides is 3. The predicted molar refractivity (Wildman–Crippen MR) is 174 cm³/mol. The number of carbonyl (C=O) groups excluding carboxylic acids is 3. The van der Waals surface area contributed by atoms with E-state index in [1.165, 1.54) is 11.0 Å². The summed E-state index contributed by atoms with van der Waals surface area (Å²) in [5.74, 6) is -0.997. The fraction of sp³-hybridized carbons (Fsp3) is 0.417. The van der Waals surface area contributed by atoms with Crippen molar-refractivity contribution < 1.29 is 24.2 Å². The molecule has 236 valence electrons. The fourth-order valence-electron chi connectivity index (χ4n) is 5.04. The molecule has 0 heterocycles. The molecular weight excluding hydrogens is 554 g/mol. The maximum Gasteiger partial charge on any atom is 0.408 e. The number of carbonyl (C=O) groups is 3. The van der Waals surface area contributed by atoms with Crippen LogP contribution in [0.5, 0.6) is 5.75 Å². The van der Waals surface area contributed by atoms with Gasteiger partial charge < -0.3 is 25.4 Å². The molecule has 44 heavy (non-hydrogen) atoms. The second-order valence-electron chi connectivity index (χ2n) is 12.1. The van der Waals surface area contributed by atoms with Gasteiger partial charge in [0.1, 0.15) is 23.4 Å². The third kappa shape index (κ3) is 10.4. The summed E-state index contributed by atoms with van der Waals surface area (Å²) in [6.07, 6.45) is 4.13. The highest BCUT2D eigenvalue weighted by atomic mass is 16.6. The summed E-state index contributed by atoms with van der Waals surface area (Å²) in [4.78, 5) is 43.3. The molecular formula is C36H47N3O5. The first-order chi connectivity index (χ1) is 21.0. The number of aryl methyl sites for hydroxylation is 1. The standard InChI is InChI=1S/C36H47N3O5/c1-6-7-8-9-17-24-39(34(42)30(25-27-19-11-10-12-20-27)38-35(43)44-36(3,4)5)32(28-21-14-16-23-31(28)40)33(41)37-29-22-15-13-18-26(29)2/h10-16,18-23,30,32,40H,6-9,17,24-25H2,1-5H3,(H,37,41)(H,38,43). The summed E-state index contributed by atoms with van der Waals surface area (Å²) in [5.41, 5.74) is 1.85. The number of hydrogen-bond donors (Lipinski definition) is 3. The number of alkyl carbamates (subject to hydrolysis) is 1. The molecule has 3 aromatic carbocycles. The molecule has 0 saturated carbocycles. The first-order valence-electron chi connectivity index (χ1n) is 15.5. The van der Waals surface area contributed by atoms with Crippen LogP contribution >= 0.6 is 0 Å². The van der Waals surface area contributed by atoms with Crippen molar-refractivity contribution in [1.82, 2.24) is 10.2 Å². The lowest BCUT2D eigenvalue weighted by Gasteiger charge is -2.35. The van der Waals surface area contributed by atoms with Gasteiger partial charge in [0.15, 0.2) is 0 Å². The van der Waals surface area contributed by atoms with Crippen molar-refractivity contribution in [2.45, 2.75) is 90.8 Å². The van der Waals surface area contributed by atoms with Gasteiger partial charge in [-0.2, -0.15) is 0 Å². The summed E-state index contributed by atoms with van der Waals surface area (Å²) in [6.45, 7) is 9.55. The number of para-hydroxylation sites is 2. The van der Waals surface area contributed by atoms with E-state index >= 15 is 0 Å². The van der Waals surface area contributed by atoms with E-state index in [9.17, 15) is 19.5 Å². The van der Waals surface area contributed by atoms with E-state index in [0.717, 1.165) is 36.8 Å². The number of aromatic hydroxyl groups is 1. The van der Waals surface area contributed by atoms with Crippen LogP contribution in [0, 0.1) is 6.92 Å². The van der Waals surface area contributed by atoms with Crippen molar-refractivity contribution in [3.8, 4) is 5.75 Å². The van der Waals surface area contributed by atoms with Crippen LogP contribution in [0.4, 0.5) is 10.5 Å². The minimum atomic E-state index is -1.16. The normalized spacial score (nSPS) is 12.6. The molecule has 0 aliphatic rings. The molecule has 0 aliphatic heterocycles. The molecule has 0 fully saturated rings. The van der Waals surface area contributed by atoms with Crippen molar-refractivity contribution >= 4 is 23.6 Å². The number of hydrogen-bond acceptors (Lipinski definition) is 5. The van der Waals surface area contributed by atoms with Gasteiger partial charge >= 0.3 is 6.09 Å². The zero-order chi connectivity index (χ0) is 32.1. The van der Waals surface area contributed by atoms with Crippen LogP contribution in [0.2, 0.25) is 0 Å². The lowest BCUT2D eigenvalue weighted by atomic mass is 9.98. The van der Waals surface area contributed by atoms with Crippen molar-refractivity contribution in [2.24, 2.45) is 0 Å². The summed E-state index contributed by atoms with van der Waals surface area (Å²) in [6, 6.07) is 21.2. The van der Waals surface area contributed by atoms with Crippen LogP contribution in [0.3, 0.4) is 0 Å². The SMILES string of the molecule is CCCCCCCN(C(=O)C(Cc1ccccc1)NC(=O)OC(C)(C)C)C(C(=O)Nc1ccccc1C)c1ccccc1O. The molecule has 2 unspecified atom stereocenters. The van der Waals surface area contributed by atoms with Gasteiger partial charge in [-0.15, -0.1) is 0 Å². The van der Waals surface area contributed by atoms with Crippen molar-refractivity contribution in [1.29, 1.82) is 0 Å². The summed E-state index contributed by atoms with van der Waals surface area (Å²) in [5, 5.41) is 16.7. The van der Waals surface area contributed by atoms with Gasteiger partial charge in [-0.3, -0.25) is 9.59 Å². The molecule has 3 N–H and O–H groups in total. The third-order valence-electron chi connectivity index (χ3n) is 7.25. The van der Waals surface area contributed by atoms with Gasteiger partial charge in [0.05, 0.1) is 0 Å². The molecule has 3 aromatic rings. The Bertz CT molecular complexity index is 1370. The molecule has 3 amide bonds. The number of ether oxygens (including phenoxy) is 1. The Kier molecular flexibility index (Phi) is 12.8. The van der Waals surface area contributed by atoms with Gasteiger partial charge in [-0.25, -0.2) is 4.79 Å². The minimum Gasteiger partial charge on any atom is -0.508 e. The van der Waals surface area contributed by atoms with Gasteiger partial charge in [0.25, 0.3) is 5.91 Å². The largest absolute Gasteiger partial charge is 0.508 e. The Hall–Kier alpha value is -4.33. The Morgan fingerprint density at radius 1 is 0.864 bits per heavy atom. The van der Waals surface area contributed by atoms with E-state index in [0.29, 0.717) is 17.7 Å². The van der Waals surface area contributed by atoms with Crippen LogP contribution in [-0.2, 0) is 20.7 Å². The number of anilines is 1. The second-order valence-corrected chi connectivity index (χ2v) is 12.1. The number of nitrogens with zero attached hydrogens (tertiary/aromatic N) is 1. The first kappa shape index (κ1) is 34.2. The van der Waals surface area contributed by atoms with Crippen molar-refractivity contribution in [3.05, 3.63) is 95.6 Å². The van der Waals surface area contributed by atoms with E-state index in [-0.39, 0.29) is 18.7 Å². The van der Waals surface area contributed by atoms with Crippen molar-refractivity contribution in [2.75, 3.05) is 11.9 Å². The molecule has 0 aromatic heterocycles. The van der Waals surface area contributed by atoms with Crippen LogP contribution in [0.25, 0.3) is 0 Å². The average molecular weight is 602 g/mol. The Balaban J connectivity index is 2.07. The van der Waals surface area contributed by atoms with E-state index in [2.05, 4.69) is 17.6 Å². The van der Waals surface area contributed by atoms with Crippen LogP contribution < -0.4 is 10.6 Å². The minimum absolute atomic E-state index is 0.0964. The molecule has 0 spiro atoms. The quantitative estimate of drug-likeness (QED) is 0.168. The second kappa shape index (κ2) is 16.5. The summed E-state index contributed by atoms with van der Waals surface area (Å²) >= 11 is 0. The molecule has 3 rings (SSSR count). The van der Waals surface area contributed by atoms with Crippen LogP contribution in [0.1, 0.15) is 82.5 Å². The monoisotopic (exact) mass is 601 g/mol. The molecule has 0 radical (unpaired) electrons. The van der Waals surface area contributed by atoms with Gasteiger partial charge in [0.2, 0.25) is 5.91 Å². The molecule has 0 bridgehead atoms. The van der Waals surface area contributed by atoms with Crippen LogP contribution in [-0.4, -0.2) is 46.1 Å². The smallest absolute Gasteiger partial charge is 0.408 e. The highest BCUT2D eigenvalue weighted by Gasteiger charge is 2.37. The number of phenols is 1. The number of unbranched alkanes of at least 4 members (excludes halogenated alkanes) is 4. The van der Waals surface area contributed by atoms with E-state index in [4.69, 9.17) is 4.74 Å². The van der Waals surface area contributed by atoms with E-state index < -0.39 is 35.6 Å². The molecule has 0 aliphatic carbocycles. The Morgan fingerprint density at radius 2 is 1.50 bits per heavy atom. The van der Waals surface area contributed by atoms with Crippen LogP contribution in [0.15, 0.2) is 78.9 Å². The highest BCUT2D eigenvalue weighted by Crippen LogP contribution is 2.32. The summed E-state index contributed by atoms with van der Waals surface area (Å²) < 4.78 is 5.53. The molecule has 8 heteroatoms. The maximum absolute atomic E-state index is 14.6. The number of rotatable bonds is 14. The maximum atomic E-state index is 14.6.